The molecule has 1 amide bonds. The second-order valence-corrected chi connectivity index (χ2v) is 7.87. The molecule has 130 valence electrons. The number of nitrogens with zero attached hydrogens (tertiary/aromatic N) is 4. The molecule has 1 atom stereocenters. The Morgan fingerprint density at radius 1 is 1.36 bits per heavy atom. The Balaban J connectivity index is 1.42. The maximum atomic E-state index is 12.6. The lowest BCUT2D eigenvalue weighted by Crippen LogP contribution is -2.40. The van der Waals surface area contributed by atoms with Crippen LogP contribution in [0.1, 0.15) is 28.2 Å². The summed E-state index contributed by atoms with van der Waals surface area (Å²) in [6, 6.07) is 4.21. The minimum Gasteiger partial charge on any atom is -0.349 e. The predicted molar refractivity (Wildman–Crippen MR) is 101 cm³/mol. The molecule has 0 spiro atoms. The standard InChI is InChI=1S/C17H19N5OS2/c1-12-14(25-17(20-12)21-7-2-3-8-21)15(23)19-11-13-5-4-9-22(13)16-18-6-10-24-16/h2-3,6-8,10,13H,4-5,9,11H2,1H3,(H,19,23)/t13-/m0/s1. The summed E-state index contributed by atoms with van der Waals surface area (Å²) in [5.41, 5.74) is 0.773. The summed E-state index contributed by atoms with van der Waals surface area (Å²) in [6.45, 7) is 3.52. The van der Waals surface area contributed by atoms with Crippen molar-refractivity contribution in [3.8, 4) is 5.13 Å². The molecule has 4 rings (SSSR count). The SMILES string of the molecule is Cc1nc(-n2cccc2)sc1C(=O)NC[C@@H]1CCCN1c1nccs1. The van der Waals surface area contributed by atoms with Gasteiger partial charge in [0, 0.05) is 43.1 Å². The summed E-state index contributed by atoms with van der Waals surface area (Å²) in [6.07, 6.45) is 7.92. The van der Waals surface area contributed by atoms with Gasteiger partial charge < -0.3 is 14.8 Å². The van der Waals surface area contributed by atoms with Crippen molar-refractivity contribution in [1.29, 1.82) is 0 Å². The van der Waals surface area contributed by atoms with Crippen molar-refractivity contribution in [3.05, 3.63) is 46.7 Å². The number of nitrogens with one attached hydrogen (secondary N) is 1. The number of anilines is 1. The van der Waals surface area contributed by atoms with E-state index < -0.39 is 0 Å². The van der Waals surface area contributed by atoms with Gasteiger partial charge in [-0.05, 0) is 31.9 Å². The first-order valence-corrected chi connectivity index (χ1v) is 9.97. The van der Waals surface area contributed by atoms with Crippen molar-refractivity contribution in [2.75, 3.05) is 18.0 Å². The van der Waals surface area contributed by atoms with E-state index >= 15 is 0 Å². The molecule has 1 saturated heterocycles. The third kappa shape index (κ3) is 3.32. The van der Waals surface area contributed by atoms with Gasteiger partial charge in [-0.15, -0.1) is 11.3 Å². The van der Waals surface area contributed by atoms with Crippen LogP contribution in [0.5, 0.6) is 0 Å². The van der Waals surface area contributed by atoms with Crippen molar-refractivity contribution in [2.45, 2.75) is 25.8 Å². The quantitative estimate of drug-likeness (QED) is 0.746. The third-order valence-corrected chi connectivity index (χ3v) is 6.34. The fourth-order valence-electron chi connectivity index (χ4n) is 3.11. The molecule has 0 aliphatic carbocycles. The number of carbonyl (C=O) groups is 1. The van der Waals surface area contributed by atoms with Crippen LogP contribution < -0.4 is 10.2 Å². The van der Waals surface area contributed by atoms with Crippen LogP contribution in [0.25, 0.3) is 5.13 Å². The second kappa shape index (κ2) is 6.97. The number of hydrogen-bond acceptors (Lipinski definition) is 6. The van der Waals surface area contributed by atoms with E-state index in [0.29, 0.717) is 17.5 Å². The lowest BCUT2D eigenvalue weighted by atomic mass is 10.2. The van der Waals surface area contributed by atoms with Gasteiger partial charge in [0.2, 0.25) is 0 Å². The zero-order chi connectivity index (χ0) is 17.2. The number of aromatic nitrogens is 3. The molecule has 3 aromatic rings. The van der Waals surface area contributed by atoms with Gasteiger partial charge in [-0.3, -0.25) is 4.79 Å². The van der Waals surface area contributed by atoms with Crippen LogP contribution in [0.3, 0.4) is 0 Å². The summed E-state index contributed by atoms with van der Waals surface area (Å²) in [4.78, 5) is 24.5. The predicted octanol–water partition coefficient (Wildman–Crippen LogP) is 3.10. The van der Waals surface area contributed by atoms with Crippen molar-refractivity contribution < 1.29 is 4.79 Å². The van der Waals surface area contributed by atoms with E-state index in [1.165, 1.54) is 11.3 Å². The number of aryl methyl sites for hydroxylation is 1. The van der Waals surface area contributed by atoms with E-state index in [-0.39, 0.29) is 5.91 Å². The van der Waals surface area contributed by atoms with Crippen molar-refractivity contribution >= 4 is 33.7 Å². The Morgan fingerprint density at radius 3 is 2.96 bits per heavy atom. The maximum Gasteiger partial charge on any atom is 0.263 e. The molecule has 1 fully saturated rings. The van der Waals surface area contributed by atoms with E-state index in [0.717, 1.165) is 35.3 Å². The van der Waals surface area contributed by atoms with E-state index in [1.807, 2.05) is 47.6 Å². The van der Waals surface area contributed by atoms with E-state index in [1.54, 1.807) is 11.3 Å². The zero-order valence-corrected chi connectivity index (χ0v) is 15.5. The average molecular weight is 374 g/mol. The molecule has 0 radical (unpaired) electrons. The van der Waals surface area contributed by atoms with Crippen LogP contribution >= 0.6 is 22.7 Å². The fraction of sp³-hybridized carbons (Fsp3) is 0.353. The van der Waals surface area contributed by atoms with Gasteiger partial charge in [-0.1, -0.05) is 11.3 Å². The van der Waals surface area contributed by atoms with E-state index in [2.05, 4.69) is 20.2 Å². The molecule has 0 unspecified atom stereocenters. The van der Waals surface area contributed by atoms with Gasteiger partial charge >= 0.3 is 0 Å². The Morgan fingerprint density at radius 2 is 2.20 bits per heavy atom. The highest BCUT2D eigenvalue weighted by atomic mass is 32.1. The molecular weight excluding hydrogens is 354 g/mol. The van der Waals surface area contributed by atoms with Gasteiger partial charge in [0.25, 0.3) is 5.91 Å². The van der Waals surface area contributed by atoms with Gasteiger partial charge in [0.1, 0.15) is 4.88 Å². The largest absolute Gasteiger partial charge is 0.349 e. The van der Waals surface area contributed by atoms with E-state index in [4.69, 9.17) is 0 Å². The van der Waals surface area contributed by atoms with Crippen LogP contribution in [0, 0.1) is 6.92 Å². The molecular formula is C17H19N5OS2. The Bertz CT molecular complexity index is 841. The van der Waals surface area contributed by atoms with Crippen molar-refractivity contribution in [1.82, 2.24) is 19.9 Å². The second-order valence-electron chi connectivity index (χ2n) is 6.02. The first kappa shape index (κ1) is 16.3. The first-order chi connectivity index (χ1) is 12.2. The summed E-state index contributed by atoms with van der Waals surface area (Å²) in [5, 5.41) is 6.94. The first-order valence-electron chi connectivity index (χ1n) is 8.27. The highest BCUT2D eigenvalue weighted by molar-refractivity contribution is 7.16. The average Bonchev–Trinajstić information content (AvgIpc) is 3.38. The smallest absolute Gasteiger partial charge is 0.263 e. The number of hydrogen-bond donors (Lipinski definition) is 1. The summed E-state index contributed by atoms with van der Waals surface area (Å²) in [5.74, 6) is -0.0422. The molecule has 6 nitrogen and oxygen atoms in total. The summed E-state index contributed by atoms with van der Waals surface area (Å²) < 4.78 is 1.93. The third-order valence-electron chi connectivity index (χ3n) is 4.36. The fourth-order valence-corrected chi connectivity index (χ4v) is 4.81. The molecule has 1 aliphatic rings. The minimum absolute atomic E-state index is 0.0422. The minimum atomic E-state index is -0.0422. The van der Waals surface area contributed by atoms with Crippen LogP contribution in [-0.4, -0.2) is 39.6 Å². The Kier molecular flexibility index (Phi) is 4.54. The maximum absolute atomic E-state index is 12.6. The normalized spacial score (nSPS) is 17.2. The van der Waals surface area contributed by atoms with Crippen molar-refractivity contribution in [2.24, 2.45) is 0 Å². The van der Waals surface area contributed by atoms with Crippen molar-refractivity contribution in [3.63, 3.8) is 0 Å². The number of carbonyl (C=O) groups excluding carboxylic acids is 1. The molecule has 8 heteroatoms. The number of amides is 1. The van der Waals surface area contributed by atoms with Crippen LogP contribution in [0.15, 0.2) is 36.1 Å². The molecule has 0 aromatic carbocycles. The monoisotopic (exact) mass is 373 g/mol. The van der Waals surface area contributed by atoms with Gasteiger partial charge in [-0.25, -0.2) is 9.97 Å². The van der Waals surface area contributed by atoms with Crippen LogP contribution in [-0.2, 0) is 0 Å². The molecule has 3 aromatic heterocycles. The molecule has 0 saturated carbocycles. The molecule has 25 heavy (non-hydrogen) atoms. The van der Waals surface area contributed by atoms with Gasteiger partial charge in [0.15, 0.2) is 10.3 Å². The molecule has 4 heterocycles. The topological polar surface area (TPSA) is 63.1 Å². The molecule has 0 bridgehead atoms. The van der Waals surface area contributed by atoms with Gasteiger partial charge in [0.05, 0.1) is 5.69 Å². The Labute approximate surface area is 154 Å². The number of thiazole rings is 2. The highest BCUT2D eigenvalue weighted by Crippen LogP contribution is 2.27. The van der Waals surface area contributed by atoms with E-state index in [9.17, 15) is 4.79 Å². The van der Waals surface area contributed by atoms with Crippen LogP contribution in [0.4, 0.5) is 5.13 Å². The van der Waals surface area contributed by atoms with Crippen LogP contribution in [0.2, 0.25) is 0 Å². The highest BCUT2D eigenvalue weighted by Gasteiger charge is 2.27. The lowest BCUT2D eigenvalue weighted by molar-refractivity contribution is 0.0954. The summed E-state index contributed by atoms with van der Waals surface area (Å²) >= 11 is 3.07. The summed E-state index contributed by atoms with van der Waals surface area (Å²) in [7, 11) is 0. The zero-order valence-electron chi connectivity index (χ0n) is 13.9. The molecule has 1 aliphatic heterocycles. The Hall–Kier alpha value is -2.19. The lowest BCUT2D eigenvalue weighted by Gasteiger charge is -2.24. The van der Waals surface area contributed by atoms with Gasteiger partial charge in [-0.2, -0.15) is 0 Å². The molecule has 1 N–H and O–H groups in total. The number of rotatable bonds is 5.